The van der Waals surface area contributed by atoms with E-state index in [1.807, 2.05) is 30.3 Å². The number of hydrogen-bond acceptors (Lipinski definition) is 3. The second-order valence-corrected chi connectivity index (χ2v) is 5.37. The first-order valence-corrected chi connectivity index (χ1v) is 7.56. The lowest BCUT2D eigenvalue weighted by atomic mass is 10.00. The molecule has 4 nitrogen and oxygen atoms in total. The molecule has 0 fully saturated rings. The Morgan fingerprint density at radius 2 is 2.19 bits per heavy atom. The maximum Gasteiger partial charge on any atom is 0.250 e. The van der Waals surface area contributed by atoms with Gasteiger partial charge in [0.05, 0.1) is 5.57 Å². The predicted molar refractivity (Wildman–Crippen MR) is 83.0 cm³/mol. The highest BCUT2D eigenvalue weighted by Crippen LogP contribution is 2.25. The molecular formula is C17H23NO3. The molecule has 21 heavy (non-hydrogen) atoms. The SMILES string of the molecule is CCCC(CCO)CNC(=O)C1=Cc2ccccc2OC1. The van der Waals surface area contributed by atoms with E-state index in [9.17, 15) is 4.79 Å². The van der Waals surface area contributed by atoms with Gasteiger partial charge in [-0.3, -0.25) is 4.79 Å². The first-order chi connectivity index (χ1) is 10.2. The number of aliphatic hydroxyl groups excluding tert-OH is 1. The van der Waals surface area contributed by atoms with Crippen molar-refractivity contribution >= 4 is 12.0 Å². The Labute approximate surface area is 125 Å². The molecule has 0 spiro atoms. The fraction of sp³-hybridized carbons (Fsp3) is 0.471. The number of benzene rings is 1. The van der Waals surface area contributed by atoms with Gasteiger partial charge in [-0.25, -0.2) is 0 Å². The van der Waals surface area contributed by atoms with E-state index in [1.54, 1.807) is 0 Å². The zero-order chi connectivity index (χ0) is 15.1. The van der Waals surface area contributed by atoms with Gasteiger partial charge >= 0.3 is 0 Å². The highest BCUT2D eigenvalue weighted by Gasteiger charge is 2.17. The molecule has 1 aliphatic rings. The van der Waals surface area contributed by atoms with Crippen LogP contribution in [0.2, 0.25) is 0 Å². The third-order valence-corrected chi connectivity index (χ3v) is 3.71. The van der Waals surface area contributed by atoms with Gasteiger partial charge in [-0.05, 0) is 30.9 Å². The van der Waals surface area contributed by atoms with E-state index in [0.29, 0.717) is 24.6 Å². The lowest BCUT2D eigenvalue weighted by Crippen LogP contribution is -2.33. The molecule has 1 aliphatic heterocycles. The van der Waals surface area contributed by atoms with Gasteiger partial charge in [0.2, 0.25) is 0 Å². The number of ether oxygens (including phenoxy) is 1. The molecule has 0 saturated heterocycles. The quantitative estimate of drug-likeness (QED) is 0.810. The highest BCUT2D eigenvalue weighted by molar-refractivity contribution is 5.99. The summed E-state index contributed by atoms with van der Waals surface area (Å²) < 4.78 is 5.59. The van der Waals surface area contributed by atoms with Crippen molar-refractivity contribution in [3.8, 4) is 5.75 Å². The standard InChI is InChI=1S/C17H23NO3/c1-2-5-13(8-9-19)11-18-17(20)15-10-14-6-3-4-7-16(14)21-12-15/h3-4,6-7,10,13,19H,2,5,8-9,11-12H2,1H3,(H,18,20). The number of aliphatic hydroxyl groups is 1. The van der Waals surface area contributed by atoms with Crippen LogP contribution in [0.1, 0.15) is 31.7 Å². The summed E-state index contributed by atoms with van der Waals surface area (Å²) in [4.78, 5) is 12.2. The largest absolute Gasteiger partial charge is 0.488 e. The second-order valence-electron chi connectivity index (χ2n) is 5.37. The van der Waals surface area contributed by atoms with Gasteiger partial charge in [-0.2, -0.15) is 0 Å². The molecule has 2 rings (SSSR count). The lowest BCUT2D eigenvalue weighted by Gasteiger charge is -2.19. The monoisotopic (exact) mass is 289 g/mol. The fourth-order valence-corrected chi connectivity index (χ4v) is 2.54. The number of rotatable bonds is 7. The molecule has 1 amide bonds. The van der Waals surface area contributed by atoms with E-state index in [2.05, 4.69) is 12.2 Å². The Hall–Kier alpha value is -1.81. The van der Waals surface area contributed by atoms with E-state index in [-0.39, 0.29) is 12.5 Å². The van der Waals surface area contributed by atoms with Crippen molar-refractivity contribution in [2.75, 3.05) is 19.8 Å². The third-order valence-electron chi connectivity index (χ3n) is 3.71. The lowest BCUT2D eigenvalue weighted by molar-refractivity contribution is -0.118. The van der Waals surface area contributed by atoms with Crippen molar-refractivity contribution < 1.29 is 14.6 Å². The number of hydrogen-bond donors (Lipinski definition) is 2. The summed E-state index contributed by atoms with van der Waals surface area (Å²) in [5.74, 6) is 1.07. The highest BCUT2D eigenvalue weighted by atomic mass is 16.5. The Kier molecular flexibility index (Phi) is 5.81. The Morgan fingerprint density at radius 1 is 1.38 bits per heavy atom. The van der Waals surface area contributed by atoms with Gasteiger partial charge in [0, 0.05) is 18.7 Å². The molecule has 4 heteroatoms. The number of fused-ring (bicyclic) bond motifs is 1. The van der Waals surface area contributed by atoms with Crippen LogP contribution in [0.5, 0.6) is 5.75 Å². The molecule has 1 atom stereocenters. The summed E-state index contributed by atoms with van der Waals surface area (Å²) in [6.07, 6.45) is 4.68. The maximum atomic E-state index is 12.2. The van der Waals surface area contributed by atoms with Gasteiger partial charge in [0.25, 0.3) is 5.91 Å². The molecule has 1 unspecified atom stereocenters. The molecule has 0 aromatic heterocycles. The number of para-hydroxylation sites is 1. The Morgan fingerprint density at radius 3 is 2.95 bits per heavy atom. The average molecular weight is 289 g/mol. The van der Waals surface area contributed by atoms with Gasteiger partial charge in [0.15, 0.2) is 0 Å². The van der Waals surface area contributed by atoms with Crippen LogP contribution in [-0.4, -0.2) is 30.8 Å². The van der Waals surface area contributed by atoms with Crippen LogP contribution in [0.4, 0.5) is 0 Å². The summed E-state index contributed by atoms with van der Waals surface area (Å²) in [6, 6.07) is 7.69. The second kappa shape index (κ2) is 7.84. The number of amides is 1. The van der Waals surface area contributed by atoms with Crippen LogP contribution in [-0.2, 0) is 4.79 Å². The summed E-state index contributed by atoms with van der Waals surface area (Å²) in [6.45, 7) is 3.19. The Bertz CT molecular complexity index is 505. The Balaban J connectivity index is 1.93. The van der Waals surface area contributed by atoms with Crippen LogP contribution in [0.3, 0.4) is 0 Å². The van der Waals surface area contributed by atoms with E-state index in [4.69, 9.17) is 9.84 Å². The normalized spacial score (nSPS) is 14.7. The first kappa shape index (κ1) is 15.6. The zero-order valence-corrected chi connectivity index (χ0v) is 12.5. The van der Waals surface area contributed by atoms with E-state index in [0.717, 1.165) is 30.6 Å². The summed E-state index contributed by atoms with van der Waals surface area (Å²) in [5.41, 5.74) is 1.59. The van der Waals surface area contributed by atoms with Gasteiger partial charge in [-0.15, -0.1) is 0 Å². The van der Waals surface area contributed by atoms with Crippen molar-refractivity contribution in [2.24, 2.45) is 5.92 Å². The van der Waals surface area contributed by atoms with Crippen molar-refractivity contribution in [1.82, 2.24) is 5.32 Å². The molecule has 114 valence electrons. The minimum atomic E-state index is -0.0801. The summed E-state index contributed by atoms with van der Waals surface area (Å²) in [7, 11) is 0. The van der Waals surface area contributed by atoms with E-state index >= 15 is 0 Å². The number of carbonyl (C=O) groups is 1. The number of nitrogens with one attached hydrogen (secondary N) is 1. The minimum absolute atomic E-state index is 0.0801. The molecule has 0 bridgehead atoms. The van der Waals surface area contributed by atoms with Gasteiger partial charge in [-0.1, -0.05) is 31.5 Å². The van der Waals surface area contributed by atoms with Gasteiger partial charge in [0.1, 0.15) is 12.4 Å². The van der Waals surface area contributed by atoms with Crippen molar-refractivity contribution in [1.29, 1.82) is 0 Å². The maximum absolute atomic E-state index is 12.2. The van der Waals surface area contributed by atoms with E-state index < -0.39 is 0 Å². The average Bonchev–Trinajstić information content (AvgIpc) is 2.52. The van der Waals surface area contributed by atoms with Crippen molar-refractivity contribution in [2.45, 2.75) is 26.2 Å². The van der Waals surface area contributed by atoms with Crippen LogP contribution >= 0.6 is 0 Å². The molecule has 0 radical (unpaired) electrons. The molecule has 1 aromatic rings. The molecular weight excluding hydrogens is 266 g/mol. The van der Waals surface area contributed by atoms with Crippen molar-refractivity contribution in [3.05, 3.63) is 35.4 Å². The predicted octanol–water partition coefficient (Wildman–Crippen LogP) is 2.38. The zero-order valence-electron chi connectivity index (χ0n) is 12.5. The van der Waals surface area contributed by atoms with Crippen LogP contribution in [0, 0.1) is 5.92 Å². The topological polar surface area (TPSA) is 58.6 Å². The van der Waals surface area contributed by atoms with Crippen LogP contribution in [0.25, 0.3) is 6.08 Å². The smallest absolute Gasteiger partial charge is 0.250 e. The summed E-state index contributed by atoms with van der Waals surface area (Å²) >= 11 is 0. The molecule has 1 heterocycles. The molecule has 0 saturated carbocycles. The van der Waals surface area contributed by atoms with Crippen LogP contribution < -0.4 is 10.1 Å². The van der Waals surface area contributed by atoms with Crippen molar-refractivity contribution in [3.63, 3.8) is 0 Å². The van der Waals surface area contributed by atoms with Crippen LogP contribution in [0.15, 0.2) is 29.8 Å². The number of carbonyl (C=O) groups excluding carboxylic acids is 1. The first-order valence-electron chi connectivity index (χ1n) is 7.56. The minimum Gasteiger partial charge on any atom is -0.488 e. The summed E-state index contributed by atoms with van der Waals surface area (Å²) in [5, 5.41) is 12.0. The van der Waals surface area contributed by atoms with E-state index in [1.165, 1.54) is 0 Å². The molecule has 2 N–H and O–H groups in total. The third kappa shape index (κ3) is 4.33. The van der Waals surface area contributed by atoms with Gasteiger partial charge < -0.3 is 15.2 Å². The molecule has 0 aliphatic carbocycles. The molecule has 1 aromatic carbocycles. The fourth-order valence-electron chi connectivity index (χ4n) is 2.54.